The first-order valence-corrected chi connectivity index (χ1v) is 6.33. The lowest BCUT2D eigenvalue weighted by molar-refractivity contribution is 0.304. The van der Waals surface area contributed by atoms with Gasteiger partial charge in [-0.1, -0.05) is 39.7 Å². The molecule has 0 aliphatic heterocycles. The average Bonchev–Trinajstić information content (AvgIpc) is 2.33. The predicted octanol–water partition coefficient (Wildman–Crippen LogP) is 4.72. The zero-order valence-corrected chi connectivity index (χ0v) is 10.6. The van der Waals surface area contributed by atoms with Crippen LogP contribution in [0.4, 0.5) is 0 Å². The Hall–Kier alpha value is -1.44. The fraction of sp³-hybridized carbons (Fsp3) is 0.500. The van der Waals surface area contributed by atoms with Gasteiger partial charge < -0.3 is 9.84 Å². The first-order valence-electron chi connectivity index (χ1n) is 6.33. The van der Waals surface area contributed by atoms with Gasteiger partial charge in [0.05, 0.1) is 6.61 Å². The van der Waals surface area contributed by atoms with Gasteiger partial charge in [-0.3, -0.25) is 0 Å². The first kappa shape index (κ1) is 16.6. The zero-order chi connectivity index (χ0) is 12.5. The van der Waals surface area contributed by atoms with E-state index in [9.17, 15) is 5.11 Å². The highest BCUT2D eigenvalue weighted by Gasteiger charge is 2.02. The largest absolute Gasteiger partial charge is 0.508 e. The van der Waals surface area contributed by atoms with Crippen molar-refractivity contribution in [1.82, 2.24) is 0 Å². The average molecular weight is 250 g/mol. The monoisotopic (exact) mass is 250 g/mol. The van der Waals surface area contributed by atoms with Gasteiger partial charge in [-0.2, -0.15) is 0 Å². The van der Waals surface area contributed by atoms with Crippen LogP contribution in [0.1, 0.15) is 45.6 Å². The summed E-state index contributed by atoms with van der Waals surface area (Å²) in [7, 11) is 0. The van der Waals surface area contributed by atoms with Crippen molar-refractivity contribution in [1.29, 1.82) is 0 Å². The molecule has 0 saturated carbocycles. The molecule has 18 heavy (non-hydrogen) atoms. The van der Waals surface area contributed by atoms with Gasteiger partial charge in [-0.15, -0.1) is 6.58 Å². The molecule has 0 atom stereocenters. The molecule has 2 heteroatoms. The lowest BCUT2D eigenvalue weighted by Crippen LogP contribution is -1.97. The van der Waals surface area contributed by atoms with E-state index in [2.05, 4.69) is 13.5 Å². The molecule has 0 bridgehead atoms. The molecule has 1 N–H and O–H groups in total. The van der Waals surface area contributed by atoms with Crippen molar-refractivity contribution >= 4 is 0 Å². The highest BCUT2D eigenvalue weighted by Crippen LogP contribution is 2.23. The molecule has 0 heterocycles. The second kappa shape index (κ2) is 9.58. The Morgan fingerprint density at radius 2 is 2.06 bits per heavy atom. The minimum absolute atomic E-state index is 0. The van der Waals surface area contributed by atoms with Crippen molar-refractivity contribution < 1.29 is 9.84 Å². The zero-order valence-electron chi connectivity index (χ0n) is 10.6. The third-order valence-electron chi connectivity index (χ3n) is 2.68. The molecule has 0 aliphatic carbocycles. The van der Waals surface area contributed by atoms with Crippen LogP contribution in [0.15, 0.2) is 30.9 Å². The summed E-state index contributed by atoms with van der Waals surface area (Å²) >= 11 is 0. The van der Waals surface area contributed by atoms with Gasteiger partial charge in [-0.05, 0) is 31.0 Å². The summed E-state index contributed by atoms with van der Waals surface area (Å²) in [6, 6.07) is 5.37. The van der Waals surface area contributed by atoms with Crippen LogP contribution in [0, 0.1) is 0 Å². The summed E-state index contributed by atoms with van der Waals surface area (Å²) in [6.07, 6.45) is 7.25. The molecule has 102 valence electrons. The number of ether oxygens (including phenoxy) is 1. The molecule has 1 aromatic carbocycles. The van der Waals surface area contributed by atoms with Crippen molar-refractivity contribution in [2.75, 3.05) is 6.61 Å². The van der Waals surface area contributed by atoms with Crippen LogP contribution >= 0.6 is 0 Å². The lowest BCUT2D eigenvalue weighted by Gasteiger charge is -2.08. The van der Waals surface area contributed by atoms with E-state index in [-0.39, 0.29) is 7.43 Å². The van der Waals surface area contributed by atoms with Gasteiger partial charge >= 0.3 is 0 Å². The molecule has 0 radical (unpaired) electrons. The second-order valence-electron chi connectivity index (χ2n) is 4.19. The summed E-state index contributed by atoms with van der Waals surface area (Å²) < 4.78 is 5.65. The molecule has 1 aromatic rings. The number of aromatic hydroxyl groups is 1. The van der Waals surface area contributed by atoms with Crippen molar-refractivity contribution in [2.45, 2.75) is 46.5 Å². The molecule has 0 fully saturated rings. The number of phenolic OH excluding ortho intramolecular Hbond substituents is 1. The van der Waals surface area contributed by atoms with Gasteiger partial charge in [0, 0.05) is 5.56 Å². The van der Waals surface area contributed by atoms with Gasteiger partial charge in [0.1, 0.15) is 11.5 Å². The maximum atomic E-state index is 9.60. The Morgan fingerprint density at radius 1 is 1.28 bits per heavy atom. The molecule has 0 saturated heterocycles. The Morgan fingerprint density at radius 3 is 2.72 bits per heavy atom. The highest BCUT2D eigenvalue weighted by molar-refractivity contribution is 5.40. The number of benzene rings is 1. The predicted molar refractivity (Wildman–Crippen MR) is 78.4 cm³/mol. The highest BCUT2D eigenvalue weighted by atomic mass is 16.5. The Balaban J connectivity index is 0.00000289. The maximum Gasteiger partial charge on any atom is 0.119 e. The summed E-state index contributed by atoms with van der Waals surface area (Å²) in [5.41, 5.74) is 0.867. The Bertz CT molecular complexity index is 345. The molecule has 2 nitrogen and oxygen atoms in total. The van der Waals surface area contributed by atoms with Crippen molar-refractivity contribution in [3.63, 3.8) is 0 Å². The van der Waals surface area contributed by atoms with Crippen LogP contribution in [0.25, 0.3) is 0 Å². The number of unbranched alkanes of at least 4 members (excludes halogenated alkanes) is 3. The fourth-order valence-electron chi connectivity index (χ4n) is 1.69. The van der Waals surface area contributed by atoms with Crippen LogP contribution in [0.5, 0.6) is 11.5 Å². The number of phenols is 1. The van der Waals surface area contributed by atoms with E-state index in [1.165, 1.54) is 19.3 Å². The van der Waals surface area contributed by atoms with Crippen LogP contribution in [-0.2, 0) is 6.42 Å². The fourth-order valence-corrected chi connectivity index (χ4v) is 1.69. The second-order valence-corrected chi connectivity index (χ2v) is 4.19. The van der Waals surface area contributed by atoms with Crippen LogP contribution < -0.4 is 4.74 Å². The van der Waals surface area contributed by atoms with E-state index in [0.29, 0.717) is 12.2 Å². The number of rotatable bonds is 8. The van der Waals surface area contributed by atoms with E-state index >= 15 is 0 Å². The van der Waals surface area contributed by atoms with E-state index < -0.39 is 0 Å². The number of hydrogen-bond donors (Lipinski definition) is 1. The standard InChI is InChI=1S/C15H22O2.CH4/c1-3-5-6-7-11-17-14-9-10-15(16)13(12-14)8-4-2;/h4,9-10,12,16H,2-3,5-8,11H2,1H3;1H4. The van der Waals surface area contributed by atoms with Crippen LogP contribution in [-0.4, -0.2) is 11.7 Å². The number of allylic oxidation sites excluding steroid dienone is 1. The molecular formula is C16H26O2. The van der Waals surface area contributed by atoms with Gasteiger partial charge in [-0.25, -0.2) is 0 Å². The third-order valence-corrected chi connectivity index (χ3v) is 2.68. The normalized spacial score (nSPS) is 9.61. The molecule has 0 aliphatic rings. The molecule has 0 spiro atoms. The van der Waals surface area contributed by atoms with E-state index in [1.807, 2.05) is 12.1 Å². The van der Waals surface area contributed by atoms with Crippen LogP contribution in [0.3, 0.4) is 0 Å². The SMILES string of the molecule is C.C=CCc1cc(OCCCCCC)ccc1O. The maximum absolute atomic E-state index is 9.60. The Labute approximate surface area is 111 Å². The third kappa shape index (κ3) is 5.76. The molecule has 0 unspecified atom stereocenters. The summed E-state index contributed by atoms with van der Waals surface area (Å²) in [5, 5.41) is 9.60. The minimum Gasteiger partial charge on any atom is -0.508 e. The molecule has 0 amide bonds. The van der Waals surface area contributed by atoms with Crippen molar-refractivity contribution in [3.05, 3.63) is 36.4 Å². The minimum atomic E-state index is 0. The first-order chi connectivity index (χ1) is 8.27. The van der Waals surface area contributed by atoms with E-state index in [0.717, 1.165) is 24.3 Å². The summed E-state index contributed by atoms with van der Waals surface area (Å²) in [5.74, 6) is 1.14. The number of hydrogen-bond acceptors (Lipinski definition) is 2. The van der Waals surface area contributed by atoms with Gasteiger partial charge in [0.15, 0.2) is 0 Å². The lowest BCUT2D eigenvalue weighted by atomic mass is 10.1. The Kier molecular flexibility index (Phi) is 8.81. The van der Waals surface area contributed by atoms with Crippen molar-refractivity contribution in [2.24, 2.45) is 0 Å². The summed E-state index contributed by atoms with van der Waals surface area (Å²) in [4.78, 5) is 0. The molecular weight excluding hydrogens is 224 g/mol. The van der Waals surface area contributed by atoms with E-state index in [1.54, 1.807) is 12.1 Å². The topological polar surface area (TPSA) is 29.5 Å². The van der Waals surface area contributed by atoms with Crippen molar-refractivity contribution in [3.8, 4) is 11.5 Å². The molecule has 0 aromatic heterocycles. The summed E-state index contributed by atoms with van der Waals surface area (Å²) in [6.45, 7) is 6.62. The van der Waals surface area contributed by atoms with E-state index in [4.69, 9.17) is 4.74 Å². The smallest absolute Gasteiger partial charge is 0.119 e. The van der Waals surface area contributed by atoms with Gasteiger partial charge in [0.2, 0.25) is 0 Å². The molecule has 1 rings (SSSR count). The quantitative estimate of drug-likeness (QED) is 0.534. The van der Waals surface area contributed by atoms with Crippen LogP contribution in [0.2, 0.25) is 0 Å². The van der Waals surface area contributed by atoms with Gasteiger partial charge in [0.25, 0.3) is 0 Å².